The third-order valence-corrected chi connectivity index (χ3v) is 6.21. The zero-order valence-electron chi connectivity index (χ0n) is 14.1. The van der Waals surface area contributed by atoms with Gasteiger partial charge in [0, 0.05) is 37.1 Å². The Bertz CT molecular complexity index is 913. The maximum atomic E-state index is 13.2. The Hall–Kier alpha value is -1.89. The van der Waals surface area contributed by atoms with Crippen LogP contribution in [0.3, 0.4) is 0 Å². The van der Waals surface area contributed by atoms with Gasteiger partial charge in [-0.3, -0.25) is 9.48 Å². The predicted molar refractivity (Wildman–Crippen MR) is 101 cm³/mol. The topological polar surface area (TPSA) is 50.2 Å². The van der Waals surface area contributed by atoms with Crippen molar-refractivity contribution in [1.29, 1.82) is 0 Å². The molecule has 3 heterocycles. The van der Waals surface area contributed by atoms with E-state index >= 15 is 0 Å². The molecule has 1 fully saturated rings. The average molecular weight is 375 g/mol. The van der Waals surface area contributed by atoms with Gasteiger partial charge in [-0.25, -0.2) is 0 Å². The fraction of sp³-hybridized carbons (Fsp3) is 0.333. The number of fused-ring (bicyclic) bond motifs is 1. The van der Waals surface area contributed by atoms with Gasteiger partial charge in [-0.15, -0.1) is 11.3 Å². The van der Waals surface area contributed by atoms with E-state index in [-0.39, 0.29) is 11.9 Å². The molecule has 4 rings (SSSR count). The lowest BCUT2D eigenvalue weighted by Crippen LogP contribution is -2.48. The summed E-state index contributed by atoms with van der Waals surface area (Å²) >= 11 is 7.89. The first kappa shape index (κ1) is 16.6. The maximum absolute atomic E-state index is 13.2. The number of benzene rings is 1. The second-order valence-corrected chi connectivity index (χ2v) is 7.72. The van der Waals surface area contributed by atoms with Crippen LogP contribution in [0.4, 0.5) is 0 Å². The van der Waals surface area contributed by atoms with Gasteiger partial charge < -0.3 is 10.2 Å². The molecule has 7 heteroatoms. The number of piperazine rings is 1. The summed E-state index contributed by atoms with van der Waals surface area (Å²) in [6.45, 7) is 4.14. The van der Waals surface area contributed by atoms with Crippen LogP contribution in [0.25, 0.3) is 10.2 Å². The van der Waals surface area contributed by atoms with E-state index in [1.54, 1.807) is 0 Å². The van der Waals surface area contributed by atoms with Gasteiger partial charge in [-0.05, 0) is 24.6 Å². The number of carbonyl (C=O) groups is 1. The van der Waals surface area contributed by atoms with Crippen LogP contribution in [-0.4, -0.2) is 40.2 Å². The molecule has 1 aliphatic heterocycles. The Kier molecular flexibility index (Phi) is 4.27. The summed E-state index contributed by atoms with van der Waals surface area (Å²) in [7, 11) is 1.91. The zero-order chi connectivity index (χ0) is 17.6. The van der Waals surface area contributed by atoms with Crippen LogP contribution in [-0.2, 0) is 7.05 Å². The molecule has 1 amide bonds. The van der Waals surface area contributed by atoms with Gasteiger partial charge in [-0.2, -0.15) is 5.10 Å². The minimum absolute atomic E-state index is 0.0561. The van der Waals surface area contributed by atoms with Crippen LogP contribution in [0.1, 0.15) is 27.0 Å². The summed E-state index contributed by atoms with van der Waals surface area (Å²) in [5.74, 6) is 0.0621. The van der Waals surface area contributed by atoms with Crippen LogP contribution in [0, 0.1) is 6.92 Å². The average Bonchev–Trinajstić information content (AvgIpc) is 3.17. The zero-order valence-corrected chi connectivity index (χ0v) is 15.7. The van der Waals surface area contributed by atoms with Crippen LogP contribution < -0.4 is 5.32 Å². The normalized spacial score (nSPS) is 18.0. The van der Waals surface area contributed by atoms with Crippen molar-refractivity contribution in [3.8, 4) is 0 Å². The first-order valence-corrected chi connectivity index (χ1v) is 9.45. The van der Waals surface area contributed by atoms with Gasteiger partial charge in [0.05, 0.1) is 16.6 Å². The molecule has 1 saturated heterocycles. The Morgan fingerprint density at radius 3 is 2.96 bits per heavy atom. The Labute approximate surface area is 155 Å². The lowest BCUT2D eigenvalue weighted by Gasteiger charge is -2.36. The Morgan fingerprint density at radius 2 is 2.20 bits per heavy atom. The quantitative estimate of drug-likeness (QED) is 0.748. The van der Waals surface area contributed by atoms with Gasteiger partial charge in [0.1, 0.15) is 4.83 Å². The summed E-state index contributed by atoms with van der Waals surface area (Å²) < 4.78 is 1.84. The molecular weight excluding hydrogens is 356 g/mol. The maximum Gasteiger partial charge on any atom is 0.264 e. The van der Waals surface area contributed by atoms with Crippen molar-refractivity contribution in [2.24, 2.45) is 7.05 Å². The van der Waals surface area contributed by atoms with Gasteiger partial charge >= 0.3 is 0 Å². The van der Waals surface area contributed by atoms with Gasteiger partial charge in [0.2, 0.25) is 0 Å². The van der Waals surface area contributed by atoms with E-state index in [0.29, 0.717) is 18.1 Å². The third kappa shape index (κ3) is 2.84. The molecule has 0 aliphatic carbocycles. The fourth-order valence-corrected chi connectivity index (χ4v) is 4.76. The highest BCUT2D eigenvalue weighted by molar-refractivity contribution is 7.20. The summed E-state index contributed by atoms with van der Waals surface area (Å²) in [4.78, 5) is 16.9. The fourth-order valence-electron chi connectivity index (χ4n) is 3.42. The smallest absolute Gasteiger partial charge is 0.264 e. The number of carbonyl (C=O) groups excluding carboxylic acids is 1. The largest absolute Gasteiger partial charge is 0.328 e. The number of nitrogens with one attached hydrogen (secondary N) is 1. The van der Waals surface area contributed by atoms with Gasteiger partial charge in [0.15, 0.2) is 0 Å². The minimum Gasteiger partial charge on any atom is -0.328 e. The molecule has 1 unspecified atom stereocenters. The number of aromatic nitrogens is 2. The van der Waals surface area contributed by atoms with E-state index in [1.165, 1.54) is 11.3 Å². The van der Waals surface area contributed by atoms with Crippen molar-refractivity contribution >= 4 is 39.1 Å². The van der Waals surface area contributed by atoms with Gasteiger partial charge in [-0.1, -0.05) is 29.8 Å². The summed E-state index contributed by atoms with van der Waals surface area (Å²) in [5.41, 5.74) is 1.94. The standard InChI is InChI=1S/C18H19ClN4OS/c1-11-13-9-16(25-18(13)22(2)21-11)17(24)23-8-7-20-10-15(23)12-5-3-4-6-14(12)19/h3-6,9,15,20H,7-8,10H2,1-2H3. The number of rotatable bonds is 2. The van der Waals surface area contributed by atoms with Crippen molar-refractivity contribution < 1.29 is 4.79 Å². The van der Waals surface area contributed by atoms with Crippen LogP contribution in [0.15, 0.2) is 30.3 Å². The highest BCUT2D eigenvalue weighted by Crippen LogP contribution is 2.33. The van der Waals surface area contributed by atoms with E-state index in [2.05, 4.69) is 10.4 Å². The SMILES string of the molecule is Cc1nn(C)c2sc(C(=O)N3CCNCC3c3ccccc3Cl)cc12. The number of hydrogen-bond donors (Lipinski definition) is 1. The first-order valence-electron chi connectivity index (χ1n) is 8.25. The molecule has 1 N–H and O–H groups in total. The van der Waals surface area contributed by atoms with E-state index in [9.17, 15) is 4.79 Å². The number of amides is 1. The first-order chi connectivity index (χ1) is 12.1. The highest BCUT2D eigenvalue weighted by atomic mass is 35.5. The van der Waals surface area contributed by atoms with E-state index in [4.69, 9.17) is 11.6 Å². The lowest BCUT2D eigenvalue weighted by atomic mass is 10.0. The highest BCUT2D eigenvalue weighted by Gasteiger charge is 2.31. The number of thiophene rings is 1. The van der Waals surface area contributed by atoms with Crippen molar-refractivity contribution in [1.82, 2.24) is 20.0 Å². The van der Waals surface area contributed by atoms with Crippen molar-refractivity contribution in [2.75, 3.05) is 19.6 Å². The lowest BCUT2D eigenvalue weighted by molar-refractivity contribution is 0.0639. The van der Waals surface area contributed by atoms with Crippen LogP contribution >= 0.6 is 22.9 Å². The molecule has 0 spiro atoms. The molecule has 1 atom stereocenters. The molecule has 2 aromatic heterocycles. The third-order valence-electron chi connectivity index (χ3n) is 4.68. The van der Waals surface area contributed by atoms with Crippen molar-refractivity contribution in [3.63, 3.8) is 0 Å². The van der Waals surface area contributed by atoms with Crippen molar-refractivity contribution in [2.45, 2.75) is 13.0 Å². The summed E-state index contributed by atoms with van der Waals surface area (Å²) in [6, 6.07) is 9.67. The molecule has 0 bridgehead atoms. The molecule has 0 saturated carbocycles. The molecule has 1 aromatic carbocycles. The predicted octanol–water partition coefficient (Wildman–Crippen LogP) is 3.38. The number of hydrogen-bond acceptors (Lipinski definition) is 4. The van der Waals surface area contributed by atoms with E-state index in [0.717, 1.165) is 32.9 Å². The Balaban J connectivity index is 1.71. The summed E-state index contributed by atoms with van der Waals surface area (Å²) in [5, 5.41) is 9.54. The second kappa shape index (κ2) is 6.44. The van der Waals surface area contributed by atoms with Crippen molar-refractivity contribution in [3.05, 3.63) is 51.5 Å². The second-order valence-electron chi connectivity index (χ2n) is 6.28. The van der Waals surface area contributed by atoms with Gasteiger partial charge in [0.25, 0.3) is 5.91 Å². The molecule has 130 valence electrons. The molecular formula is C18H19ClN4OS. The summed E-state index contributed by atoms with van der Waals surface area (Å²) in [6.07, 6.45) is 0. The monoisotopic (exact) mass is 374 g/mol. The number of nitrogens with zero attached hydrogens (tertiary/aromatic N) is 3. The van der Waals surface area contributed by atoms with E-state index < -0.39 is 0 Å². The molecule has 1 aliphatic rings. The molecule has 0 radical (unpaired) electrons. The molecule has 3 aromatic rings. The molecule has 5 nitrogen and oxygen atoms in total. The number of aryl methyl sites for hydroxylation is 2. The Morgan fingerprint density at radius 1 is 1.40 bits per heavy atom. The molecule has 25 heavy (non-hydrogen) atoms. The minimum atomic E-state index is -0.0561. The van der Waals surface area contributed by atoms with Crippen LogP contribution in [0.2, 0.25) is 5.02 Å². The van der Waals surface area contributed by atoms with E-state index in [1.807, 2.05) is 53.9 Å². The number of halogens is 1. The van der Waals surface area contributed by atoms with Crippen LogP contribution in [0.5, 0.6) is 0 Å².